The number of carboxylic acid groups (broad SMARTS) is 2. The van der Waals surface area contributed by atoms with E-state index in [0.29, 0.717) is 0 Å². The van der Waals surface area contributed by atoms with Crippen LogP contribution >= 0.6 is 7.37 Å². The van der Waals surface area contributed by atoms with E-state index >= 15 is 0 Å². The van der Waals surface area contributed by atoms with E-state index in [2.05, 4.69) is 0 Å². The highest BCUT2D eigenvalue weighted by molar-refractivity contribution is 7.58. The molecule has 0 radical (unpaired) electrons. The number of rotatable bonds is 9. The molecule has 0 amide bonds. The van der Waals surface area contributed by atoms with Crippen molar-refractivity contribution >= 4 is 25.4 Å². The summed E-state index contributed by atoms with van der Waals surface area (Å²) in [5.41, 5.74) is 0.878. The van der Waals surface area contributed by atoms with Gasteiger partial charge >= 0.3 is 11.9 Å². The second-order valence-corrected chi connectivity index (χ2v) is 7.41. The molecule has 120 valence electrons. The minimum Gasteiger partial charge on any atom is -0.481 e. The Balaban J connectivity index is 2.60. The van der Waals surface area contributed by atoms with Gasteiger partial charge in [0.25, 0.3) is 0 Å². The molecule has 0 saturated heterocycles. The maximum atomic E-state index is 12.1. The highest BCUT2D eigenvalue weighted by Gasteiger charge is 2.28. The van der Waals surface area contributed by atoms with Gasteiger partial charge in [-0.05, 0) is 12.0 Å². The Bertz CT molecular complexity index is 581. The molecule has 0 heterocycles. The number of hydrogen-bond acceptors (Lipinski definition) is 3. The van der Waals surface area contributed by atoms with Gasteiger partial charge in [0.2, 0.25) is 7.37 Å². The van der Waals surface area contributed by atoms with Gasteiger partial charge in [0, 0.05) is 18.7 Å². The fourth-order valence-corrected chi connectivity index (χ4v) is 3.54. The maximum Gasteiger partial charge on any atom is 0.307 e. The van der Waals surface area contributed by atoms with Crippen molar-refractivity contribution in [1.82, 2.24) is 0 Å². The molecule has 7 heteroatoms. The van der Waals surface area contributed by atoms with Gasteiger partial charge in [-0.3, -0.25) is 14.2 Å². The van der Waals surface area contributed by atoms with Crippen molar-refractivity contribution in [1.29, 1.82) is 0 Å². The van der Waals surface area contributed by atoms with Crippen LogP contribution < -0.4 is 0 Å². The van der Waals surface area contributed by atoms with Crippen molar-refractivity contribution < 1.29 is 29.3 Å². The van der Waals surface area contributed by atoms with E-state index in [-0.39, 0.29) is 19.0 Å². The minimum atomic E-state index is -3.66. The summed E-state index contributed by atoms with van der Waals surface area (Å²) in [6, 6.07) is 9.21. The zero-order valence-electron chi connectivity index (χ0n) is 12.0. The van der Waals surface area contributed by atoms with Crippen LogP contribution in [0.25, 0.3) is 6.08 Å². The van der Waals surface area contributed by atoms with E-state index in [1.165, 1.54) is 6.08 Å². The highest BCUT2D eigenvalue weighted by atomic mass is 31.2. The Morgan fingerprint density at radius 1 is 1.18 bits per heavy atom. The van der Waals surface area contributed by atoms with Crippen LogP contribution in [-0.2, 0) is 14.2 Å². The van der Waals surface area contributed by atoms with Gasteiger partial charge in [-0.25, -0.2) is 0 Å². The van der Waals surface area contributed by atoms with Crippen LogP contribution in [0.4, 0.5) is 0 Å². The first-order chi connectivity index (χ1) is 10.3. The first-order valence-electron chi connectivity index (χ1n) is 6.77. The van der Waals surface area contributed by atoms with Gasteiger partial charge in [0.1, 0.15) is 0 Å². The van der Waals surface area contributed by atoms with E-state index in [1.54, 1.807) is 6.08 Å². The summed E-state index contributed by atoms with van der Waals surface area (Å²) in [6.45, 7) is 0. The summed E-state index contributed by atoms with van der Waals surface area (Å²) in [4.78, 5) is 31.4. The van der Waals surface area contributed by atoms with Crippen molar-refractivity contribution in [3.63, 3.8) is 0 Å². The quantitative estimate of drug-likeness (QED) is 0.601. The van der Waals surface area contributed by atoms with Crippen LogP contribution in [0.2, 0.25) is 0 Å². The third-order valence-corrected chi connectivity index (χ3v) is 4.85. The zero-order chi connectivity index (χ0) is 16.6. The van der Waals surface area contributed by atoms with Gasteiger partial charge in [-0.1, -0.05) is 42.5 Å². The molecule has 0 fully saturated rings. The third kappa shape index (κ3) is 7.20. The Morgan fingerprint density at radius 2 is 1.82 bits per heavy atom. The average molecular weight is 326 g/mol. The normalized spacial score (nSPS) is 15.3. The van der Waals surface area contributed by atoms with Crippen molar-refractivity contribution in [3.8, 4) is 0 Å². The summed E-state index contributed by atoms with van der Waals surface area (Å²) < 4.78 is 12.1. The molecule has 3 N–H and O–H groups in total. The lowest BCUT2D eigenvalue weighted by Gasteiger charge is -2.15. The fraction of sp³-hybridized carbons (Fsp3) is 0.333. The van der Waals surface area contributed by atoms with Crippen LogP contribution in [0.3, 0.4) is 0 Å². The second-order valence-electron chi connectivity index (χ2n) is 4.99. The fourth-order valence-electron chi connectivity index (χ4n) is 1.93. The molecule has 0 aliphatic rings. The first-order valence-corrected chi connectivity index (χ1v) is 8.80. The Hall–Kier alpha value is -1.91. The summed E-state index contributed by atoms with van der Waals surface area (Å²) >= 11 is 0. The summed E-state index contributed by atoms with van der Waals surface area (Å²) in [5.74, 6) is -3.50. The molecule has 6 nitrogen and oxygen atoms in total. The molecule has 1 aromatic rings. The minimum absolute atomic E-state index is 0.140. The summed E-state index contributed by atoms with van der Waals surface area (Å²) in [6.07, 6.45) is 2.17. The molecular formula is C15H19O6P. The number of hydrogen-bond donors (Lipinski definition) is 3. The molecule has 0 aliphatic carbocycles. The second kappa shape index (κ2) is 8.51. The number of carbonyl (C=O) groups is 2. The van der Waals surface area contributed by atoms with Crippen LogP contribution in [0.15, 0.2) is 36.4 Å². The molecule has 0 aliphatic heterocycles. The van der Waals surface area contributed by atoms with Gasteiger partial charge < -0.3 is 15.1 Å². The van der Waals surface area contributed by atoms with Crippen molar-refractivity contribution in [3.05, 3.63) is 42.0 Å². The molecule has 0 bridgehead atoms. The molecule has 2 unspecified atom stereocenters. The molecule has 1 rings (SSSR count). The number of aliphatic carboxylic acids is 2. The monoisotopic (exact) mass is 326 g/mol. The maximum absolute atomic E-state index is 12.1. The van der Waals surface area contributed by atoms with Crippen LogP contribution in [0.5, 0.6) is 0 Å². The number of carboxylic acids is 2. The lowest BCUT2D eigenvalue weighted by Crippen LogP contribution is -2.20. The van der Waals surface area contributed by atoms with Crippen molar-refractivity contribution in [2.45, 2.75) is 12.8 Å². The smallest absolute Gasteiger partial charge is 0.307 e. The first kappa shape index (κ1) is 18.1. The lowest BCUT2D eigenvalue weighted by molar-refractivity contribution is -0.142. The van der Waals surface area contributed by atoms with E-state index in [0.717, 1.165) is 5.56 Å². The Kier molecular flexibility index (Phi) is 7.02. The molecular weight excluding hydrogens is 307 g/mol. The third-order valence-electron chi connectivity index (χ3n) is 3.06. The van der Waals surface area contributed by atoms with Crippen LogP contribution in [0, 0.1) is 5.92 Å². The van der Waals surface area contributed by atoms with Crippen LogP contribution in [-0.4, -0.2) is 39.4 Å². The topological polar surface area (TPSA) is 112 Å². The SMILES string of the molecule is O=C(O)CCC(CP(=O)(O)CC=Cc1ccccc1)C(=O)O. The molecule has 2 atom stereocenters. The van der Waals surface area contributed by atoms with Gasteiger partial charge in [-0.2, -0.15) is 0 Å². The summed E-state index contributed by atoms with van der Waals surface area (Å²) in [7, 11) is -3.66. The van der Waals surface area contributed by atoms with E-state index in [1.807, 2.05) is 30.3 Å². The standard InChI is InChI=1S/C15H19O6P/c16-14(17)9-8-13(15(18)19)11-22(20,21)10-4-7-12-5-2-1-3-6-12/h1-7,13H,8-11H2,(H,16,17)(H,18,19)(H,20,21). The van der Waals surface area contributed by atoms with Gasteiger partial charge in [0.05, 0.1) is 5.92 Å². The predicted molar refractivity (Wildman–Crippen MR) is 83.0 cm³/mol. The van der Waals surface area contributed by atoms with Crippen molar-refractivity contribution in [2.75, 3.05) is 12.3 Å². The summed E-state index contributed by atoms with van der Waals surface area (Å²) in [5, 5.41) is 17.6. The molecule has 0 saturated carbocycles. The van der Waals surface area contributed by atoms with E-state index in [9.17, 15) is 19.0 Å². The lowest BCUT2D eigenvalue weighted by atomic mass is 10.1. The number of allylic oxidation sites excluding steroid dienone is 1. The molecule has 1 aromatic carbocycles. The molecule has 0 aromatic heterocycles. The Labute approximate surface area is 128 Å². The number of benzene rings is 1. The van der Waals surface area contributed by atoms with Gasteiger partial charge in [-0.15, -0.1) is 0 Å². The van der Waals surface area contributed by atoms with Gasteiger partial charge in [0.15, 0.2) is 0 Å². The highest BCUT2D eigenvalue weighted by Crippen LogP contribution is 2.43. The van der Waals surface area contributed by atoms with E-state index < -0.39 is 31.4 Å². The molecule has 22 heavy (non-hydrogen) atoms. The van der Waals surface area contributed by atoms with Crippen LogP contribution in [0.1, 0.15) is 18.4 Å². The zero-order valence-corrected chi connectivity index (χ0v) is 12.9. The molecule has 0 spiro atoms. The van der Waals surface area contributed by atoms with Crippen molar-refractivity contribution in [2.24, 2.45) is 5.92 Å². The average Bonchev–Trinajstić information content (AvgIpc) is 2.44. The van der Waals surface area contributed by atoms with E-state index in [4.69, 9.17) is 10.2 Å². The Morgan fingerprint density at radius 3 is 2.36 bits per heavy atom. The largest absolute Gasteiger partial charge is 0.481 e. The predicted octanol–water partition coefficient (Wildman–Crippen LogP) is 2.54.